The Hall–Kier alpha value is -2.67. The Balaban J connectivity index is 0.000000430. The number of aromatic hydroxyl groups is 1. The highest BCUT2D eigenvalue weighted by Crippen LogP contribution is 2.34. The second kappa shape index (κ2) is 15.3. The molecule has 1 fully saturated rings. The van der Waals surface area contributed by atoms with Gasteiger partial charge >= 0.3 is 0 Å². The molecular weight excluding hydrogens is 430 g/mol. The maximum atomic E-state index is 10.9. The van der Waals surface area contributed by atoms with Gasteiger partial charge in [-0.3, -0.25) is 4.98 Å². The van der Waals surface area contributed by atoms with Crippen molar-refractivity contribution in [1.29, 1.82) is 0 Å². The summed E-state index contributed by atoms with van der Waals surface area (Å²) in [5, 5.41) is 19.2. The van der Waals surface area contributed by atoms with Crippen molar-refractivity contribution < 1.29 is 14.9 Å². The second-order valence-electron chi connectivity index (χ2n) is 9.34. The SMILES string of the molecule is CCCCCC(N[N+](=O)[O-])C(C)COC1CCC(c2ccccc2)CC1.Cc1ccc(O)cn1. The first-order valence-corrected chi connectivity index (χ1v) is 12.6. The monoisotopic (exact) mass is 471 g/mol. The molecule has 1 aliphatic rings. The number of hydrazine groups is 1. The molecule has 7 nitrogen and oxygen atoms in total. The molecule has 0 radical (unpaired) electrons. The minimum atomic E-state index is -0.405. The highest BCUT2D eigenvalue weighted by Gasteiger charge is 2.26. The first-order valence-electron chi connectivity index (χ1n) is 12.6. The van der Waals surface area contributed by atoms with Gasteiger partial charge in [-0.2, -0.15) is 0 Å². The van der Waals surface area contributed by atoms with Crippen molar-refractivity contribution in [3.05, 3.63) is 70.0 Å². The highest BCUT2D eigenvalue weighted by atomic mass is 16.7. The van der Waals surface area contributed by atoms with Crippen LogP contribution in [0.25, 0.3) is 0 Å². The normalized spacial score (nSPS) is 19.4. The lowest BCUT2D eigenvalue weighted by Gasteiger charge is -2.30. The number of hydrogen-bond donors (Lipinski definition) is 2. The molecule has 2 aromatic rings. The number of rotatable bonds is 11. The van der Waals surface area contributed by atoms with Gasteiger partial charge in [-0.05, 0) is 62.6 Å². The fourth-order valence-corrected chi connectivity index (χ4v) is 4.38. The summed E-state index contributed by atoms with van der Waals surface area (Å²) >= 11 is 0. The van der Waals surface area contributed by atoms with E-state index in [9.17, 15) is 10.1 Å². The van der Waals surface area contributed by atoms with Crippen molar-refractivity contribution >= 4 is 0 Å². The number of aryl methyl sites for hydroxylation is 1. The van der Waals surface area contributed by atoms with Crippen LogP contribution in [0.5, 0.6) is 5.75 Å². The third-order valence-corrected chi connectivity index (χ3v) is 6.51. The molecule has 7 heteroatoms. The van der Waals surface area contributed by atoms with Gasteiger partial charge in [-0.1, -0.05) is 63.4 Å². The minimum Gasteiger partial charge on any atom is -0.506 e. The molecule has 0 amide bonds. The molecule has 2 atom stereocenters. The first-order chi connectivity index (χ1) is 16.4. The summed E-state index contributed by atoms with van der Waals surface area (Å²) in [7, 11) is 0. The van der Waals surface area contributed by atoms with Crippen molar-refractivity contribution in [2.24, 2.45) is 5.92 Å². The van der Waals surface area contributed by atoms with Crippen LogP contribution >= 0.6 is 0 Å². The summed E-state index contributed by atoms with van der Waals surface area (Å²) in [6.45, 7) is 6.68. The quantitative estimate of drug-likeness (QED) is 0.230. The Morgan fingerprint density at radius 2 is 1.85 bits per heavy atom. The zero-order valence-electron chi connectivity index (χ0n) is 20.9. The zero-order valence-corrected chi connectivity index (χ0v) is 20.9. The Morgan fingerprint density at radius 3 is 2.41 bits per heavy atom. The number of hydrogen-bond acceptors (Lipinski definition) is 5. The molecule has 1 saturated carbocycles. The molecule has 0 spiro atoms. The molecule has 1 aliphatic carbocycles. The molecule has 3 rings (SSSR count). The lowest BCUT2D eigenvalue weighted by molar-refractivity contribution is -0.553. The smallest absolute Gasteiger partial charge is 0.157 e. The molecule has 0 bridgehead atoms. The molecule has 1 heterocycles. The molecule has 1 aromatic carbocycles. The summed E-state index contributed by atoms with van der Waals surface area (Å²) < 4.78 is 6.14. The number of aromatic nitrogens is 1. The largest absolute Gasteiger partial charge is 0.506 e. The molecular formula is C27H41N3O4. The van der Waals surface area contributed by atoms with E-state index in [-0.39, 0.29) is 17.7 Å². The Labute approximate surface area is 204 Å². The second-order valence-corrected chi connectivity index (χ2v) is 9.34. The number of nitrogens with one attached hydrogen (secondary N) is 1. The zero-order chi connectivity index (χ0) is 24.8. The first kappa shape index (κ1) is 27.6. The van der Waals surface area contributed by atoms with E-state index in [0.717, 1.165) is 57.1 Å². The van der Waals surface area contributed by atoms with Crippen molar-refractivity contribution in [2.75, 3.05) is 6.61 Å². The fraction of sp³-hybridized carbons (Fsp3) is 0.593. The predicted molar refractivity (Wildman–Crippen MR) is 135 cm³/mol. The van der Waals surface area contributed by atoms with Gasteiger partial charge in [0, 0.05) is 11.6 Å². The summed E-state index contributed by atoms with van der Waals surface area (Å²) in [6.07, 6.45) is 10.3. The van der Waals surface area contributed by atoms with Gasteiger partial charge in [0.2, 0.25) is 0 Å². The number of nitrogens with zero attached hydrogens (tertiary/aromatic N) is 2. The maximum absolute atomic E-state index is 10.9. The topological polar surface area (TPSA) is 97.5 Å². The standard InChI is InChI=1S/C21H34N2O3.C6H7NO/c1-3-4-6-11-21(22-23(24)25)17(2)16-26-20-14-12-19(13-15-20)18-9-7-5-8-10-18;1-5-2-3-6(8)4-7-5/h5,7-10,17,19-22H,3-4,6,11-16H2,1-2H3;2-4,8H,1H3. The van der Waals surface area contributed by atoms with Crippen molar-refractivity contribution in [1.82, 2.24) is 10.4 Å². The Morgan fingerprint density at radius 1 is 1.15 bits per heavy atom. The van der Waals surface area contributed by atoms with Crippen LogP contribution in [0.3, 0.4) is 0 Å². The highest BCUT2D eigenvalue weighted by molar-refractivity contribution is 5.20. The third kappa shape index (κ3) is 10.5. The molecule has 34 heavy (non-hydrogen) atoms. The van der Waals surface area contributed by atoms with Crippen LogP contribution < -0.4 is 5.43 Å². The van der Waals surface area contributed by atoms with Gasteiger partial charge < -0.3 is 9.84 Å². The predicted octanol–water partition coefficient (Wildman–Crippen LogP) is 6.19. The van der Waals surface area contributed by atoms with Crippen LogP contribution in [0.2, 0.25) is 0 Å². The molecule has 0 aliphatic heterocycles. The van der Waals surface area contributed by atoms with Gasteiger partial charge in [0.25, 0.3) is 0 Å². The Bertz CT molecular complexity index is 787. The van der Waals surface area contributed by atoms with Crippen molar-refractivity contribution in [3.63, 3.8) is 0 Å². The lowest BCUT2D eigenvalue weighted by Crippen LogP contribution is -2.41. The number of nitro groups is 1. The van der Waals surface area contributed by atoms with E-state index in [1.807, 2.05) is 6.92 Å². The van der Waals surface area contributed by atoms with Gasteiger partial charge in [-0.25, -0.2) is 10.1 Å². The average molecular weight is 472 g/mol. The third-order valence-electron chi connectivity index (χ3n) is 6.51. The van der Waals surface area contributed by atoms with E-state index >= 15 is 0 Å². The summed E-state index contributed by atoms with van der Waals surface area (Å²) in [4.78, 5) is 14.7. The molecule has 2 N–H and O–H groups in total. The molecule has 0 saturated heterocycles. The van der Waals surface area contributed by atoms with Crippen LogP contribution in [0.15, 0.2) is 48.7 Å². The van der Waals surface area contributed by atoms with E-state index in [4.69, 9.17) is 9.84 Å². The maximum Gasteiger partial charge on any atom is 0.157 e. The molecule has 2 unspecified atom stereocenters. The van der Waals surface area contributed by atoms with Crippen LogP contribution in [0.1, 0.15) is 82.4 Å². The van der Waals surface area contributed by atoms with Crippen molar-refractivity contribution in [3.8, 4) is 5.75 Å². The van der Waals surface area contributed by atoms with E-state index in [1.165, 1.54) is 11.8 Å². The fourth-order valence-electron chi connectivity index (χ4n) is 4.38. The van der Waals surface area contributed by atoms with Crippen LogP contribution in [0.4, 0.5) is 0 Å². The molecule has 1 aromatic heterocycles. The Kier molecular flexibility index (Phi) is 12.4. The minimum absolute atomic E-state index is 0.114. The van der Waals surface area contributed by atoms with E-state index in [2.05, 4.69) is 54.6 Å². The average Bonchev–Trinajstić information content (AvgIpc) is 2.85. The summed E-state index contributed by atoms with van der Waals surface area (Å²) in [6, 6.07) is 14.0. The van der Waals surface area contributed by atoms with Gasteiger partial charge in [0.1, 0.15) is 5.75 Å². The van der Waals surface area contributed by atoms with Gasteiger partial charge in [0.15, 0.2) is 5.03 Å². The van der Waals surface area contributed by atoms with E-state index < -0.39 is 5.03 Å². The number of ether oxygens (including phenoxy) is 1. The van der Waals surface area contributed by atoms with Crippen molar-refractivity contribution in [2.45, 2.75) is 90.2 Å². The summed E-state index contributed by atoms with van der Waals surface area (Å²) in [5.41, 5.74) is 4.85. The van der Waals surface area contributed by atoms with Gasteiger partial charge in [-0.15, -0.1) is 5.43 Å². The number of unbranched alkanes of at least 4 members (excludes halogenated alkanes) is 2. The van der Waals surface area contributed by atoms with Crippen LogP contribution in [-0.4, -0.2) is 33.9 Å². The number of benzene rings is 1. The van der Waals surface area contributed by atoms with Gasteiger partial charge in [0.05, 0.1) is 24.9 Å². The van der Waals surface area contributed by atoms with E-state index in [1.54, 1.807) is 12.1 Å². The van der Waals surface area contributed by atoms with Crippen LogP contribution in [0, 0.1) is 23.0 Å². The number of pyridine rings is 1. The lowest BCUT2D eigenvalue weighted by atomic mass is 9.83. The molecule has 188 valence electrons. The summed E-state index contributed by atoms with van der Waals surface area (Å²) in [5.74, 6) is 1.01. The van der Waals surface area contributed by atoms with E-state index in [0.29, 0.717) is 18.6 Å². The van der Waals surface area contributed by atoms with Crippen LogP contribution in [-0.2, 0) is 4.74 Å².